The third-order valence-corrected chi connectivity index (χ3v) is 6.91. The van der Waals surface area contributed by atoms with E-state index < -0.39 is 18.2 Å². The lowest BCUT2D eigenvalue weighted by atomic mass is 9.77. The highest BCUT2D eigenvalue weighted by molar-refractivity contribution is 5.89. The van der Waals surface area contributed by atoms with Crippen LogP contribution in [0.25, 0.3) is 21.9 Å². The third kappa shape index (κ3) is 5.28. The molecular weight excluding hydrogens is 409 g/mol. The Hall–Kier alpha value is -2.49. The van der Waals surface area contributed by atoms with Gasteiger partial charge in [-0.15, -0.1) is 0 Å². The van der Waals surface area contributed by atoms with E-state index in [9.17, 15) is 13.2 Å². The SMILES string of the molecule is CCCCCC1CCC(c2ccc(-c3ccc4c(F)c(OC(F)F)ccc4c3)cc2)CC1. The Balaban J connectivity index is 1.44. The largest absolute Gasteiger partial charge is 0.432 e. The Morgan fingerprint density at radius 3 is 2.28 bits per heavy atom. The molecule has 1 saturated carbocycles. The Labute approximate surface area is 188 Å². The molecule has 1 aliphatic rings. The minimum absolute atomic E-state index is 0.277. The van der Waals surface area contributed by atoms with Crippen molar-refractivity contribution in [2.75, 3.05) is 0 Å². The first-order valence-corrected chi connectivity index (χ1v) is 11.8. The Morgan fingerprint density at radius 2 is 1.59 bits per heavy atom. The van der Waals surface area contributed by atoms with Crippen molar-refractivity contribution in [1.82, 2.24) is 0 Å². The van der Waals surface area contributed by atoms with E-state index in [-0.39, 0.29) is 5.39 Å². The first kappa shape index (κ1) is 22.7. The second kappa shape index (κ2) is 10.4. The number of unbranched alkanes of at least 4 members (excludes halogenated alkanes) is 2. The number of halogens is 3. The van der Waals surface area contributed by atoms with Crippen molar-refractivity contribution in [3.8, 4) is 16.9 Å². The van der Waals surface area contributed by atoms with Crippen LogP contribution in [-0.2, 0) is 0 Å². The van der Waals surface area contributed by atoms with E-state index in [1.54, 1.807) is 12.1 Å². The summed E-state index contributed by atoms with van der Waals surface area (Å²) >= 11 is 0. The number of benzene rings is 3. The van der Waals surface area contributed by atoms with Crippen LogP contribution in [0, 0.1) is 11.7 Å². The number of ether oxygens (including phenoxy) is 1. The standard InChI is InChI=1S/C28H31F3O/c1-2-3-4-5-19-6-8-20(9-7-19)21-10-12-22(13-11-21)23-14-16-25-24(18-23)15-17-26(27(25)29)32-28(30)31/h10-20,28H,2-9H2,1H3. The maximum absolute atomic E-state index is 14.5. The average Bonchev–Trinajstić information content (AvgIpc) is 2.81. The molecule has 0 aromatic heterocycles. The first-order valence-electron chi connectivity index (χ1n) is 11.8. The molecule has 0 atom stereocenters. The highest BCUT2D eigenvalue weighted by atomic mass is 19.3. The van der Waals surface area contributed by atoms with Crippen LogP contribution < -0.4 is 4.74 Å². The van der Waals surface area contributed by atoms with Crippen molar-refractivity contribution < 1.29 is 17.9 Å². The molecule has 0 bridgehead atoms. The fourth-order valence-corrected chi connectivity index (χ4v) is 5.05. The molecule has 0 aliphatic heterocycles. The van der Waals surface area contributed by atoms with E-state index >= 15 is 0 Å². The summed E-state index contributed by atoms with van der Waals surface area (Å²) in [5.74, 6) is 0.367. The van der Waals surface area contributed by atoms with Crippen LogP contribution in [0.15, 0.2) is 54.6 Å². The molecule has 4 heteroatoms. The predicted octanol–water partition coefficient (Wildman–Crippen LogP) is 9.10. The van der Waals surface area contributed by atoms with Crippen molar-refractivity contribution in [2.45, 2.75) is 70.8 Å². The van der Waals surface area contributed by atoms with Gasteiger partial charge in [-0.2, -0.15) is 8.78 Å². The number of hydrogen-bond donors (Lipinski definition) is 0. The molecule has 3 aromatic carbocycles. The van der Waals surface area contributed by atoms with Gasteiger partial charge in [0.15, 0.2) is 11.6 Å². The minimum atomic E-state index is -3.05. The lowest BCUT2D eigenvalue weighted by Crippen LogP contribution is -2.13. The van der Waals surface area contributed by atoms with Gasteiger partial charge in [0.25, 0.3) is 0 Å². The number of hydrogen-bond acceptors (Lipinski definition) is 1. The average molecular weight is 441 g/mol. The minimum Gasteiger partial charge on any atom is -0.432 e. The van der Waals surface area contributed by atoms with Crippen LogP contribution in [0.5, 0.6) is 5.75 Å². The van der Waals surface area contributed by atoms with Gasteiger partial charge in [0.2, 0.25) is 0 Å². The van der Waals surface area contributed by atoms with Crippen LogP contribution >= 0.6 is 0 Å². The highest BCUT2D eigenvalue weighted by Crippen LogP contribution is 2.38. The van der Waals surface area contributed by atoms with Gasteiger partial charge in [0.05, 0.1) is 0 Å². The fourth-order valence-electron chi connectivity index (χ4n) is 5.05. The molecule has 1 fully saturated rings. The summed E-state index contributed by atoms with van der Waals surface area (Å²) in [6.07, 6.45) is 10.6. The van der Waals surface area contributed by atoms with E-state index in [1.807, 2.05) is 12.1 Å². The molecule has 0 radical (unpaired) electrons. The molecule has 0 saturated heterocycles. The number of rotatable bonds is 8. The summed E-state index contributed by atoms with van der Waals surface area (Å²) < 4.78 is 43.6. The van der Waals surface area contributed by atoms with Crippen molar-refractivity contribution in [2.24, 2.45) is 5.92 Å². The Kier molecular flexibility index (Phi) is 7.39. The molecule has 0 heterocycles. The Morgan fingerprint density at radius 1 is 0.875 bits per heavy atom. The lowest BCUT2D eigenvalue weighted by molar-refractivity contribution is -0.0520. The summed E-state index contributed by atoms with van der Waals surface area (Å²) in [6, 6.07) is 16.9. The van der Waals surface area contributed by atoms with E-state index in [0.29, 0.717) is 11.3 Å². The smallest absolute Gasteiger partial charge is 0.387 e. The topological polar surface area (TPSA) is 9.23 Å². The van der Waals surface area contributed by atoms with Crippen LogP contribution in [-0.4, -0.2) is 6.61 Å². The van der Waals surface area contributed by atoms with Gasteiger partial charge >= 0.3 is 6.61 Å². The van der Waals surface area contributed by atoms with E-state index in [2.05, 4.69) is 35.9 Å². The lowest BCUT2D eigenvalue weighted by Gasteiger charge is -2.29. The fraction of sp³-hybridized carbons (Fsp3) is 0.429. The van der Waals surface area contributed by atoms with Crippen molar-refractivity contribution >= 4 is 10.8 Å². The monoisotopic (exact) mass is 440 g/mol. The summed E-state index contributed by atoms with van der Waals surface area (Å²) in [5, 5.41) is 0.936. The molecule has 0 unspecified atom stereocenters. The van der Waals surface area contributed by atoms with Gasteiger partial charge in [-0.3, -0.25) is 0 Å². The van der Waals surface area contributed by atoms with E-state index in [4.69, 9.17) is 0 Å². The second-order valence-corrected chi connectivity index (χ2v) is 9.03. The quantitative estimate of drug-likeness (QED) is 0.317. The molecule has 170 valence electrons. The zero-order valence-corrected chi connectivity index (χ0v) is 18.6. The maximum Gasteiger partial charge on any atom is 0.387 e. The van der Waals surface area contributed by atoms with Gasteiger partial charge in [-0.1, -0.05) is 75.1 Å². The van der Waals surface area contributed by atoms with Gasteiger partial charge in [0.1, 0.15) is 0 Å². The summed E-state index contributed by atoms with van der Waals surface area (Å²) in [6.45, 7) is -0.783. The molecule has 1 nitrogen and oxygen atoms in total. The van der Waals surface area contributed by atoms with Crippen molar-refractivity contribution in [3.05, 3.63) is 66.0 Å². The van der Waals surface area contributed by atoms with E-state index in [0.717, 1.165) is 17.0 Å². The van der Waals surface area contributed by atoms with Crippen molar-refractivity contribution in [3.63, 3.8) is 0 Å². The van der Waals surface area contributed by atoms with Crippen molar-refractivity contribution in [1.29, 1.82) is 0 Å². The van der Waals surface area contributed by atoms with Crippen LogP contribution in [0.3, 0.4) is 0 Å². The molecular formula is C28H31F3O. The molecule has 0 N–H and O–H groups in total. The van der Waals surface area contributed by atoms with Gasteiger partial charge in [0, 0.05) is 5.39 Å². The molecule has 4 rings (SSSR count). The normalized spacial score (nSPS) is 18.9. The number of alkyl halides is 2. The molecule has 0 amide bonds. The first-order chi connectivity index (χ1) is 15.5. The molecule has 0 spiro atoms. The van der Waals surface area contributed by atoms with E-state index in [1.165, 1.54) is 63.0 Å². The van der Waals surface area contributed by atoms with Crippen LogP contribution in [0.2, 0.25) is 0 Å². The maximum atomic E-state index is 14.5. The number of fused-ring (bicyclic) bond motifs is 1. The van der Waals surface area contributed by atoms with Gasteiger partial charge in [-0.05, 0) is 71.7 Å². The van der Waals surface area contributed by atoms with Crippen LogP contribution in [0.1, 0.15) is 69.8 Å². The highest BCUT2D eigenvalue weighted by Gasteiger charge is 2.22. The molecule has 1 aliphatic carbocycles. The Bertz CT molecular complexity index is 1020. The summed E-state index contributed by atoms with van der Waals surface area (Å²) in [5.41, 5.74) is 3.45. The van der Waals surface area contributed by atoms with Gasteiger partial charge in [-0.25, -0.2) is 4.39 Å². The zero-order valence-electron chi connectivity index (χ0n) is 18.6. The molecule has 3 aromatic rings. The van der Waals surface area contributed by atoms with Gasteiger partial charge < -0.3 is 4.74 Å². The van der Waals surface area contributed by atoms with Crippen LogP contribution in [0.4, 0.5) is 13.2 Å². The molecule has 32 heavy (non-hydrogen) atoms. The second-order valence-electron chi connectivity index (χ2n) is 9.03. The summed E-state index contributed by atoms with van der Waals surface area (Å²) in [4.78, 5) is 0. The predicted molar refractivity (Wildman–Crippen MR) is 125 cm³/mol. The third-order valence-electron chi connectivity index (χ3n) is 6.91. The zero-order chi connectivity index (χ0) is 22.5. The summed E-state index contributed by atoms with van der Waals surface area (Å²) in [7, 11) is 0.